The first-order chi connectivity index (χ1) is 7.07. The van der Waals surface area contributed by atoms with Gasteiger partial charge in [-0.25, -0.2) is 4.39 Å². The molecule has 0 aliphatic heterocycles. The normalized spacial score (nSPS) is 15.3. The lowest BCUT2D eigenvalue weighted by Gasteiger charge is -2.24. The molecule has 0 aliphatic rings. The van der Waals surface area contributed by atoms with Crippen LogP contribution in [0.5, 0.6) is 0 Å². The van der Waals surface area contributed by atoms with E-state index in [0.29, 0.717) is 6.54 Å². The second-order valence-corrected chi connectivity index (χ2v) is 4.40. The van der Waals surface area contributed by atoms with Crippen molar-refractivity contribution in [2.24, 2.45) is 17.6 Å². The van der Waals surface area contributed by atoms with Crippen LogP contribution in [0.2, 0.25) is 0 Å². The van der Waals surface area contributed by atoms with Crippen molar-refractivity contribution in [2.75, 3.05) is 6.54 Å². The number of nitrogens with two attached hydrogens (primary N) is 1. The summed E-state index contributed by atoms with van der Waals surface area (Å²) >= 11 is 0. The van der Waals surface area contributed by atoms with Crippen LogP contribution >= 0.6 is 0 Å². The van der Waals surface area contributed by atoms with E-state index in [0.717, 1.165) is 11.1 Å². The van der Waals surface area contributed by atoms with E-state index in [9.17, 15) is 4.39 Å². The average Bonchev–Trinajstić information content (AvgIpc) is 2.18. The first-order valence-electron chi connectivity index (χ1n) is 5.47. The van der Waals surface area contributed by atoms with Gasteiger partial charge in [0.2, 0.25) is 0 Å². The highest BCUT2D eigenvalue weighted by Crippen LogP contribution is 2.32. The van der Waals surface area contributed by atoms with Gasteiger partial charge in [0.1, 0.15) is 6.17 Å². The molecule has 2 unspecified atom stereocenters. The Kier molecular flexibility index (Phi) is 4.28. The Bertz CT molecular complexity index is 309. The first-order valence-corrected chi connectivity index (χ1v) is 5.47. The Morgan fingerprint density at radius 1 is 1.27 bits per heavy atom. The minimum atomic E-state index is -0.948. The summed E-state index contributed by atoms with van der Waals surface area (Å²) in [6.45, 7) is 6.37. The third-order valence-corrected chi connectivity index (χ3v) is 2.99. The van der Waals surface area contributed by atoms with E-state index in [-0.39, 0.29) is 11.8 Å². The quantitative estimate of drug-likeness (QED) is 0.809. The van der Waals surface area contributed by atoms with Gasteiger partial charge in [-0.3, -0.25) is 0 Å². The van der Waals surface area contributed by atoms with Crippen LogP contribution in [0.1, 0.15) is 31.1 Å². The molecule has 0 fully saturated rings. The summed E-state index contributed by atoms with van der Waals surface area (Å²) in [6.07, 6.45) is -0.948. The summed E-state index contributed by atoms with van der Waals surface area (Å²) in [5, 5.41) is 0. The predicted octanol–water partition coefficient (Wildman–Crippen LogP) is 3.24. The molecule has 0 aromatic heterocycles. The third kappa shape index (κ3) is 2.78. The van der Waals surface area contributed by atoms with Crippen LogP contribution in [0.15, 0.2) is 24.3 Å². The topological polar surface area (TPSA) is 26.0 Å². The van der Waals surface area contributed by atoms with Gasteiger partial charge >= 0.3 is 0 Å². The fourth-order valence-electron chi connectivity index (χ4n) is 1.86. The Hall–Kier alpha value is -0.890. The highest BCUT2D eigenvalue weighted by molar-refractivity contribution is 5.28. The molecule has 0 radical (unpaired) electrons. The molecule has 0 saturated carbocycles. The molecule has 2 atom stereocenters. The second kappa shape index (κ2) is 5.26. The number of halogens is 1. The van der Waals surface area contributed by atoms with Crippen molar-refractivity contribution >= 4 is 0 Å². The van der Waals surface area contributed by atoms with Crippen LogP contribution in [0, 0.1) is 18.8 Å². The van der Waals surface area contributed by atoms with Crippen LogP contribution in [0.4, 0.5) is 4.39 Å². The summed E-state index contributed by atoms with van der Waals surface area (Å²) in [6, 6.07) is 7.60. The Morgan fingerprint density at radius 3 is 2.33 bits per heavy atom. The molecule has 2 N–H and O–H groups in total. The Labute approximate surface area is 91.5 Å². The summed E-state index contributed by atoms with van der Waals surface area (Å²) < 4.78 is 14.2. The largest absolute Gasteiger partial charge is 0.330 e. The highest BCUT2D eigenvalue weighted by atomic mass is 19.1. The van der Waals surface area contributed by atoms with Crippen LogP contribution in [0.25, 0.3) is 0 Å². The van der Waals surface area contributed by atoms with Crippen molar-refractivity contribution < 1.29 is 4.39 Å². The molecule has 1 nitrogen and oxygen atoms in total. The summed E-state index contributed by atoms with van der Waals surface area (Å²) in [5.41, 5.74) is 7.41. The lowest BCUT2D eigenvalue weighted by molar-refractivity contribution is 0.188. The minimum Gasteiger partial charge on any atom is -0.330 e. The molecule has 1 rings (SSSR count). The molecule has 1 aromatic carbocycles. The van der Waals surface area contributed by atoms with Crippen LogP contribution in [0.3, 0.4) is 0 Å². The van der Waals surface area contributed by atoms with Gasteiger partial charge in [-0.05, 0) is 30.5 Å². The van der Waals surface area contributed by atoms with Crippen molar-refractivity contribution in [2.45, 2.75) is 26.9 Å². The highest BCUT2D eigenvalue weighted by Gasteiger charge is 2.25. The molecule has 0 saturated heterocycles. The molecule has 84 valence electrons. The first kappa shape index (κ1) is 12.2. The number of hydrogen-bond donors (Lipinski definition) is 1. The standard InChI is InChI=1S/C13H20FN/c1-9(2)12(8-15)13(14)11-7-5-4-6-10(11)3/h4-7,9,12-13H,8,15H2,1-3H3. The Morgan fingerprint density at radius 2 is 1.87 bits per heavy atom. The smallest absolute Gasteiger partial charge is 0.130 e. The summed E-state index contributed by atoms with van der Waals surface area (Å²) in [4.78, 5) is 0. The SMILES string of the molecule is Cc1ccccc1C(F)C(CN)C(C)C. The van der Waals surface area contributed by atoms with Crippen molar-refractivity contribution in [3.63, 3.8) is 0 Å². The van der Waals surface area contributed by atoms with E-state index in [4.69, 9.17) is 5.73 Å². The van der Waals surface area contributed by atoms with E-state index in [1.54, 1.807) is 0 Å². The van der Waals surface area contributed by atoms with E-state index in [1.807, 2.05) is 45.0 Å². The van der Waals surface area contributed by atoms with Gasteiger partial charge in [0.25, 0.3) is 0 Å². The molecule has 0 bridgehead atoms. The van der Waals surface area contributed by atoms with Crippen LogP contribution in [-0.4, -0.2) is 6.54 Å². The fourth-order valence-corrected chi connectivity index (χ4v) is 1.86. The maximum atomic E-state index is 14.2. The van der Waals surface area contributed by atoms with Gasteiger partial charge < -0.3 is 5.73 Å². The maximum Gasteiger partial charge on any atom is 0.130 e. The van der Waals surface area contributed by atoms with Crippen molar-refractivity contribution in [1.29, 1.82) is 0 Å². The zero-order valence-corrected chi connectivity index (χ0v) is 9.70. The summed E-state index contributed by atoms with van der Waals surface area (Å²) in [7, 11) is 0. The molecule has 1 aromatic rings. The van der Waals surface area contributed by atoms with Gasteiger partial charge in [0.15, 0.2) is 0 Å². The molecular weight excluding hydrogens is 189 g/mol. The molecular formula is C13H20FN. The minimum absolute atomic E-state index is 0.0916. The van der Waals surface area contributed by atoms with Crippen molar-refractivity contribution in [1.82, 2.24) is 0 Å². The molecule has 0 heterocycles. The number of benzene rings is 1. The van der Waals surface area contributed by atoms with Crippen molar-refractivity contribution in [3.8, 4) is 0 Å². The zero-order chi connectivity index (χ0) is 11.4. The van der Waals surface area contributed by atoms with E-state index < -0.39 is 6.17 Å². The van der Waals surface area contributed by atoms with Gasteiger partial charge in [-0.2, -0.15) is 0 Å². The molecule has 0 amide bonds. The van der Waals surface area contributed by atoms with E-state index >= 15 is 0 Å². The van der Waals surface area contributed by atoms with Crippen LogP contribution < -0.4 is 5.73 Å². The zero-order valence-electron chi connectivity index (χ0n) is 9.70. The number of alkyl halides is 1. The van der Waals surface area contributed by atoms with E-state index in [1.165, 1.54) is 0 Å². The summed E-state index contributed by atoms with van der Waals surface area (Å²) in [5.74, 6) is 0.177. The van der Waals surface area contributed by atoms with Gasteiger partial charge in [0.05, 0.1) is 0 Å². The fraction of sp³-hybridized carbons (Fsp3) is 0.538. The molecule has 2 heteroatoms. The third-order valence-electron chi connectivity index (χ3n) is 2.99. The predicted molar refractivity (Wildman–Crippen MR) is 62.4 cm³/mol. The number of aryl methyl sites for hydroxylation is 1. The van der Waals surface area contributed by atoms with Gasteiger partial charge in [-0.15, -0.1) is 0 Å². The van der Waals surface area contributed by atoms with Crippen LogP contribution in [-0.2, 0) is 0 Å². The Balaban J connectivity index is 2.92. The molecule has 0 aliphatic carbocycles. The molecule has 0 spiro atoms. The maximum absolute atomic E-state index is 14.2. The second-order valence-electron chi connectivity index (χ2n) is 4.40. The monoisotopic (exact) mass is 209 g/mol. The lowest BCUT2D eigenvalue weighted by Crippen LogP contribution is -2.25. The van der Waals surface area contributed by atoms with Gasteiger partial charge in [-0.1, -0.05) is 38.1 Å². The molecule has 15 heavy (non-hydrogen) atoms. The van der Waals surface area contributed by atoms with E-state index in [2.05, 4.69) is 0 Å². The average molecular weight is 209 g/mol. The van der Waals surface area contributed by atoms with Gasteiger partial charge in [0, 0.05) is 5.92 Å². The number of hydrogen-bond acceptors (Lipinski definition) is 1. The number of rotatable bonds is 4. The lowest BCUT2D eigenvalue weighted by atomic mass is 9.86. The van der Waals surface area contributed by atoms with Crippen molar-refractivity contribution in [3.05, 3.63) is 35.4 Å².